The summed E-state index contributed by atoms with van der Waals surface area (Å²) in [6.07, 6.45) is 15.3. The van der Waals surface area contributed by atoms with Crippen LogP contribution in [-0.2, 0) is 10.0 Å². The van der Waals surface area contributed by atoms with E-state index in [-0.39, 0.29) is 22.6 Å². The van der Waals surface area contributed by atoms with Gasteiger partial charge >= 0.3 is 0 Å². The van der Waals surface area contributed by atoms with Crippen LogP contribution in [0, 0.1) is 0 Å². The number of nitrogens with two attached hydrogens (primary N) is 1. The van der Waals surface area contributed by atoms with E-state index in [1.165, 1.54) is 18.7 Å². The molecule has 210 valence electrons. The Morgan fingerprint density at radius 3 is 2.14 bits per heavy atom. The third kappa shape index (κ3) is 10.5. The van der Waals surface area contributed by atoms with Crippen LogP contribution in [0.1, 0.15) is 102 Å². The number of primary sulfonamides is 1. The first-order valence-electron chi connectivity index (χ1n) is 13.8. The number of unbranched alkanes of at least 4 members (excludes halogenated alkanes) is 2. The lowest BCUT2D eigenvalue weighted by Crippen LogP contribution is -2.38. The van der Waals surface area contributed by atoms with E-state index in [1.807, 2.05) is 13.1 Å². The highest BCUT2D eigenvalue weighted by atomic mass is 32.2. The van der Waals surface area contributed by atoms with Crippen molar-refractivity contribution in [3.63, 3.8) is 0 Å². The van der Waals surface area contributed by atoms with Crippen molar-refractivity contribution < 1.29 is 17.9 Å². The number of hydrogen-bond acceptors (Lipinski definition) is 5. The number of amides is 1. The summed E-state index contributed by atoms with van der Waals surface area (Å²) in [7, 11) is -2.31. The Hall–Kier alpha value is -2.32. The number of ether oxygens (including phenoxy) is 1. The average Bonchev–Trinajstić information content (AvgIpc) is 2.91. The first-order chi connectivity index (χ1) is 17.7. The van der Waals surface area contributed by atoms with Gasteiger partial charge in [-0.05, 0) is 51.2 Å². The predicted octanol–water partition coefficient (Wildman–Crippen LogP) is 6.64. The lowest BCUT2D eigenvalue weighted by Gasteiger charge is -2.32. The number of anilines is 1. The second-order valence-electron chi connectivity index (χ2n) is 9.55. The lowest BCUT2D eigenvalue weighted by atomic mass is 9.94. The molecule has 1 aliphatic rings. The average molecular weight is 536 g/mol. The third-order valence-electron chi connectivity index (χ3n) is 6.55. The predicted molar refractivity (Wildman–Crippen MR) is 155 cm³/mol. The highest BCUT2D eigenvalue weighted by Crippen LogP contribution is 2.38. The molecule has 0 spiro atoms. The number of sulfonamides is 1. The summed E-state index contributed by atoms with van der Waals surface area (Å²) in [4.78, 5) is 17.2. The fourth-order valence-corrected chi connectivity index (χ4v) is 5.00. The molecule has 37 heavy (non-hydrogen) atoms. The van der Waals surface area contributed by atoms with Crippen LogP contribution in [0.5, 0.6) is 5.75 Å². The van der Waals surface area contributed by atoms with Gasteiger partial charge < -0.3 is 14.5 Å². The second kappa shape index (κ2) is 17.2. The zero-order valence-corrected chi connectivity index (χ0v) is 24.5. The highest BCUT2D eigenvalue weighted by Gasteiger charge is 2.28. The van der Waals surface area contributed by atoms with Crippen LogP contribution < -0.4 is 14.8 Å². The van der Waals surface area contributed by atoms with Crippen LogP contribution in [0.15, 0.2) is 42.0 Å². The van der Waals surface area contributed by atoms with E-state index < -0.39 is 10.0 Å². The Labute approximate surface area is 225 Å². The van der Waals surface area contributed by atoms with E-state index in [0.29, 0.717) is 11.3 Å². The molecule has 1 aromatic rings. The van der Waals surface area contributed by atoms with Gasteiger partial charge in [0.2, 0.25) is 10.0 Å². The van der Waals surface area contributed by atoms with E-state index in [0.717, 1.165) is 70.9 Å². The van der Waals surface area contributed by atoms with Gasteiger partial charge in [0, 0.05) is 31.7 Å². The summed E-state index contributed by atoms with van der Waals surface area (Å²) in [6, 6.07) is 3.32. The van der Waals surface area contributed by atoms with Crippen LogP contribution in [0.3, 0.4) is 0 Å². The minimum Gasteiger partial charge on any atom is -0.462 e. The zero-order valence-electron chi connectivity index (χ0n) is 23.7. The van der Waals surface area contributed by atoms with Crippen molar-refractivity contribution in [3.05, 3.63) is 42.7 Å². The van der Waals surface area contributed by atoms with Crippen molar-refractivity contribution in [2.45, 2.75) is 103 Å². The molecule has 1 fully saturated rings. The number of carbonyl (C=O) groups is 1. The van der Waals surface area contributed by atoms with Crippen molar-refractivity contribution in [2.75, 3.05) is 25.0 Å². The van der Waals surface area contributed by atoms with Crippen LogP contribution in [-0.4, -0.2) is 45.4 Å². The molecule has 0 radical (unpaired) electrons. The maximum Gasteiger partial charge on any atom is 0.253 e. The molecule has 2 rings (SSSR count). The summed E-state index contributed by atoms with van der Waals surface area (Å²) in [5.74, 6) is -0.00348. The highest BCUT2D eigenvalue weighted by molar-refractivity contribution is 7.89. The number of nitrogens with zero attached hydrogens (tertiary/aromatic N) is 2. The molecule has 1 amide bonds. The van der Waals surface area contributed by atoms with Crippen LogP contribution in [0.4, 0.5) is 5.69 Å². The largest absolute Gasteiger partial charge is 0.462 e. The van der Waals surface area contributed by atoms with Crippen molar-refractivity contribution in [1.82, 2.24) is 4.90 Å². The molecule has 0 saturated heterocycles. The molecule has 7 nitrogen and oxygen atoms in total. The number of hydrogen-bond donors (Lipinski definition) is 1. The molecule has 0 aromatic heterocycles. The van der Waals surface area contributed by atoms with Gasteiger partial charge in [-0.15, -0.1) is 6.58 Å². The van der Waals surface area contributed by atoms with E-state index in [1.54, 1.807) is 24.0 Å². The first-order valence-corrected chi connectivity index (χ1v) is 15.3. The van der Waals surface area contributed by atoms with Crippen molar-refractivity contribution in [3.8, 4) is 5.75 Å². The molecule has 2 N–H and O–H groups in total. The van der Waals surface area contributed by atoms with Gasteiger partial charge in [0.25, 0.3) is 5.91 Å². The van der Waals surface area contributed by atoms with Gasteiger partial charge in [-0.1, -0.05) is 65.0 Å². The maximum absolute atomic E-state index is 13.5. The van der Waals surface area contributed by atoms with E-state index in [9.17, 15) is 13.2 Å². The number of rotatable bonds is 13. The molecule has 0 heterocycles. The van der Waals surface area contributed by atoms with Crippen LogP contribution in [0.2, 0.25) is 0 Å². The summed E-state index contributed by atoms with van der Waals surface area (Å²) in [5, 5.41) is 5.61. The Kier molecular flexibility index (Phi) is 15.2. The Morgan fingerprint density at radius 2 is 1.68 bits per heavy atom. The fraction of sp³-hybridized carbons (Fsp3) is 0.621. The number of benzene rings is 1. The zero-order chi connectivity index (χ0) is 27.8. The SMILES string of the molecule is C/C=C/Oc1c(N(CCCC)CCCC)cc(C(=O)N(C)C2CCCCC2)cc1S(N)(=O)=O.C=CCC. The molecular formula is C29H49N3O4S. The molecule has 0 atom stereocenters. The Morgan fingerprint density at radius 1 is 1.11 bits per heavy atom. The summed E-state index contributed by atoms with van der Waals surface area (Å²) in [5.41, 5.74) is 0.926. The van der Waals surface area contributed by atoms with Crippen molar-refractivity contribution in [2.24, 2.45) is 5.14 Å². The van der Waals surface area contributed by atoms with Gasteiger partial charge in [-0.2, -0.15) is 0 Å². The Bertz CT molecular complexity index is 962. The normalized spacial score (nSPS) is 14.1. The topological polar surface area (TPSA) is 92.9 Å². The van der Waals surface area contributed by atoms with Crippen LogP contribution >= 0.6 is 0 Å². The molecule has 1 aliphatic carbocycles. The van der Waals surface area contributed by atoms with Gasteiger partial charge in [-0.3, -0.25) is 4.79 Å². The van der Waals surface area contributed by atoms with Gasteiger partial charge in [-0.25, -0.2) is 13.6 Å². The minimum absolute atomic E-state index is 0.156. The molecule has 0 bridgehead atoms. The summed E-state index contributed by atoms with van der Waals surface area (Å²) < 4.78 is 31.0. The third-order valence-corrected chi connectivity index (χ3v) is 7.46. The van der Waals surface area contributed by atoms with Gasteiger partial charge in [0.1, 0.15) is 4.90 Å². The minimum atomic E-state index is -4.12. The standard InChI is InChI=1S/C25H41N3O4S.C4H8/c1-5-8-15-28(16-9-6-2)22-18-20(25(29)27(4)21-13-11-10-12-14-21)19-23(33(26,30)31)24(22)32-17-7-3;1-3-4-2/h7,17-19,21H,5-6,8-16H2,1-4H3,(H2,26,30,31);3H,1,4H2,2H3/b17-7+;. The van der Waals surface area contributed by atoms with Gasteiger partial charge in [0.05, 0.1) is 11.9 Å². The van der Waals surface area contributed by atoms with E-state index in [2.05, 4.69) is 32.3 Å². The molecule has 1 aromatic carbocycles. The molecule has 8 heteroatoms. The quantitative estimate of drug-likeness (QED) is 0.226. The molecule has 1 saturated carbocycles. The monoisotopic (exact) mass is 535 g/mol. The van der Waals surface area contributed by atoms with E-state index in [4.69, 9.17) is 9.88 Å². The van der Waals surface area contributed by atoms with Crippen molar-refractivity contribution >= 4 is 21.6 Å². The number of carbonyl (C=O) groups excluding carboxylic acids is 1. The second-order valence-corrected chi connectivity index (χ2v) is 11.1. The lowest BCUT2D eigenvalue weighted by molar-refractivity contribution is 0.0696. The Balaban J connectivity index is 0.00000159. The van der Waals surface area contributed by atoms with Crippen molar-refractivity contribution in [1.29, 1.82) is 0 Å². The molecule has 0 aliphatic heterocycles. The summed E-state index contributed by atoms with van der Waals surface area (Å²) >= 11 is 0. The molecule has 0 unspecified atom stereocenters. The van der Waals surface area contributed by atoms with E-state index >= 15 is 0 Å². The number of allylic oxidation sites excluding steroid dienone is 2. The molecular weight excluding hydrogens is 486 g/mol. The first kappa shape index (κ1) is 32.7. The van der Waals surface area contributed by atoms with Gasteiger partial charge in [0.15, 0.2) is 5.75 Å². The van der Waals surface area contributed by atoms with Crippen LogP contribution in [0.25, 0.3) is 0 Å². The smallest absolute Gasteiger partial charge is 0.253 e. The fourth-order valence-electron chi connectivity index (χ4n) is 4.30. The summed E-state index contributed by atoms with van der Waals surface area (Å²) in [6.45, 7) is 13.0. The maximum atomic E-state index is 13.5.